The maximum Gasteiger partial charge on any atom is 0.162 e. The molecule has 5 nitrogen and oxygen atoms in total. The average Bonchev–Trinajstić information content (AvgIpc) is 2.85. The fourth-order valence-corrected chi connectivity index (χ4v) is 5.42. The first-order valence-corrected chi connectivity index (χ1v) is 13.1. The first-order valence-electron chi connectivity index (χ1n) is 13.1. The second-order valence-corrected chi connectivity index (χ2v) is 10.7. The second kappa shape index (κ2) is 9.62. The number of hydrogen-bond acceptors (Lipinski definition) is 5. The zero-order valence-electron chi connectivity index (χ0n) is 22.2. The van der Waals surface area contributed by atoms with Crippen molar-refractivity contribution >= 4 is 11.5 Å². The first kappa shape index (κ1) is 23.8. The van der Waals surface area contributed by atoms with E-state index in [1.54, 1.807) is 0 Å². The van der Waals surface area contributed by atoms with Crippen molar-refractivity contribution in [2.45, 2.75) is 66.5 Å². The van der Waals surface area contributed by atoms with E-state index >= 15 is 0 Å². The zero-order valence-corrected chi connectivity index (χ0v) is 22.2. The SMILES string of the molecule is Cc1ccc(C)c(-c2nc3c(c(N4CCNCC4C)n2)CN(c2cc(C(C)C)ccc2C)CC3)c1. The highest BCUT2D eigenvalue weighted by Crippen LogP contribution is 2.35. The van der Waals surface area contributed by atoms with E-state index in [4.69, 9.17) is 9.97 Å². The van der Waals surface area contributed by atoms with Crippen LogP contribution < -0.4 is 15.1 Å². The van der Waals surface area contributed by atoms with E-state index in [2.05, 4.69) is 93.1 Å². The number of rotatable bonds is 4. The van der Waals surface area contributed by atoms with E-state index < -0.39 is 0 Å². The summed E-state index contributed by atoms with van der Waals surface area (Å²) in [4.78, 5) is 15.5. The standard InChI is InChI=1S/C30H39N5/c1-19(2)24-10-9-22(5)28(16-24)34-13-11-27-26(18-34)30(35-14-12-31-17-23(35)6)33-29(32-27)25-15-20(3)7-8-21(25)4/h7-10,15-16,19,23,31H,11-14,17-18H2,1-6H3. The maximum atomic E-state index is 5.29. The summed E-state index contributed by atoms with van der Waals surface area (Å²) >= 11 is 0. The van der Waals surface area contributed by atoms with Crippen LogP contribution in [0, 0.1) is 20.8 Å². The van der Waals surface area contributed by atoms with Crippen LogP contribution in [0.1, 0.15) is 60.2 Å². The molecule has 1 N–H and O–H groups in total. The Bertz CT molecular complexity index is 1230. The van der Waals surface area contributed by atoms with Gasteiger partial charge in [-0.2, -0.15) is 0 Å². The highest BCUT2D eigenvalue weighted by molar-refractivity contribution is 5.67. The number of nitrogens with zero attached hydrogens (tertiary/aromatic N) is 4. The third-order valence-corrected chi connectivity index (χ3v) is 7.69. The Labute approximate surface area is 210 Å². The summed E-state index contributed by atoms with van der Waals surface area (Å²) in [5.41, 5.74) is 10.2. The predicted octanol–water partition coefficient (Wildman–Crippen LogP) is 5.55. The summed E-state index contributed by atoms with van der Waals surface area (Å²) in [6.45, 7) is 18.2. The van der Waals surface area contributed by atoms with Crippen molar-refractivity contribution in [3.05, 3.63) is 69.9 Å². The van der Waals surface area contributed by atoms with Crippen LogP contribution in [-0.2, 0) is 13.0 Å². The summed E-state index contributed by atoms with van der Waals surface area (Å²) in [5, 5.41) is 3.54. The minimum Gasteiger partial charge on any atom is -0.366 e. The molecule has 0 bridgehead atoms. The van der Waals surface area contributed by atoms with Gasteiger partial charge in [0, 0.05) is 62.0 Å². The summed E-state index contributed by atoms with van der Waals surface area (Å²) in [6, 6.07) is 13.9. The molecule has 1 saturated heterocycles. The number of benzene rings is 2. The molecule has 0 radical (unpaired) electrons. The summed E-state index contributed by atoms with van der Waals surface area (Å²) in [6.07, 6.45) is 0.939. The molecule has 3 aromatic rings. The molecule has 2 aliphatic heterocycles. The van der Waals surface area contributed by atoms with Gasteiger partial charge in [-0.15, -0.1) is 0 Å². The first-order chi connectivity index (χ1) is 16.8. The molecule has 5 rings (SSSR count). The Morgan fingerprint density at radius 2 is 1.77 bits per heavy atom. The molecule has 1 atom stereocenters. The highest BCUT2D eigenvalue weighted by Gasteiger charge is 2.29. The molecule has 0 amide bonds. The molecule has 1 unspecified atom stereocenters. The van der Waals surface area contributed by atoms with E-state index in [9.17, 15) is 0 Å². The molecular formula is C30H39N5. The normalized spacial score (nSPS) is 18.2. The number of aromatic nitrogens is 2. The summed E-state index contributed by atoms with van der Waals surface area (Å²) in [5.74, 6) is 2.52. The Morgan fingerprint density at radius 1 is 0.971 bits per heavy atom. The molecule has 0 saturated carbocycles. The molecule has 2 aromatic carbocycles. The van der Waals surface area contributed by atoms with Gasteiger partial charge in [0.2, 0.25) is 0 Å². The van der Waals surface area contributed by atoms with Gasteiger partial charge in [-0.25, -0.2) is 9.97 Å². The third-order valence-electron chi connectivity index (χ3n) is 7.69. The zero-order chi connectivity index (χ0) is 24.7. The Balaban J connectivity index is 1.61. The van der Waals surface area contributed by atoms with Crippen LogP contribution in [-0.4, -0.2) is 42.2 Å². The minimum atomic E-state index is 0.399. The van der Waals surface area contributed by atoms with Gasteiger partial charge in [0.25, 0.3) is 0 Å². The maximum absolute atomic E-state index is 5.29. The van der Waals surface area contributed by atoms with Crippen LogP contribution >= 0.6 is 0 Å². The lowest BCUT2D eigenvalue weighted by atomic mass is 9.97. The smallest absolute Gasteiger partial charge is 0.162 e. The van der Waals surface area contributed by atoms with Crippen LogP contribution in [0.4, 0.5) is 11.5 Å². The predicted molar refractivity (Wildman–Crippen MR) is 147 cm³/mol. The Hall–Kier alpha value is -2.92. The van der Waals surface area contributed by atoms with Crippen LogP contribution in [0.15, 0.2) is 36.4 Å². The topological polar surface area (TPSA) is 44.3 Å². The molecule has 1 fully saturated rings. The van der Waals surface area contributed by atoms with Gasteiger partial charge < -0.3 is 15.1 Å². The van der Waals surface area contributed by atoms with Crippen LogP contribution in [0.2, 0.25) is 0 Å². The van der Waals surface area contributed by atoms with Gasteiger partial charge in [-0.3, -0.25) is 0 Å². The van der Waals surface area contributed by atoms with Crippen LogP contribution in [0.3, 0.4) is 0 Å². The van der Waals surface area contributed by atoms with E-state index in [-0.39, 0.29) is 0 Å². The number of hydrogen-bond donors (Lipinski definition) is 1. The third kappa shape index (κ3) is 4.66. The van der Waals surface area contributed by atoms with Crippen molar-refractivity contribution in [2.75, 3.05) is 36.0 Å². The van der Waals surface area contributed by atoms with Gasteiger partial charge >= 0.3 is 0 Å². The molecule has 0 spiro atoms. The summed E-state index contributed by atoms with van der Waals surface area (Å²) < 4.78 is 0. The van der Waals surface area contributed by atoms with Gasteiger partial charge in [0.1, 0.15) is 5.82 Å². The number of anilines is 2. The van der Waals surface area contributed by atoms with Crippen molar-refractivity contribution in [2.24, 2.45) is 0 Å². The number of piperazine rings is 1. The van der Waals surface area contributed by atoms with Crippen LogP contribution in [0.25, 0.3) is 11.4 Å². The highest BCUT2D eigenvalue weighted by atomic mass is 15.3. The Kier molecular flexibility index (Phi) is 6.54. The second-order valence-electron chi connectivity index (χ2n) is 10.7. The fourth-order valence-electron chi connectivity index (χ4n) is 5.42. The quantitative estimate of drug-likeness (QED) is 0.542. The molecular weight excluding hydrogens is 430 g/mol. The Morgan fingerprint density at radius 3 is 2.54 bits per heavy atom. The molecule has 3 heterocycles. The molecule has 0 aliphatic carbocycles. The van der Waals surface area contributed by atoms with E-state index in [1.165, 1.54) is 39.2 Å². The minimum absolute atomic E-state index is 0.399. The molecule has 1 aromatic heterocycles. The molecule has 5 heteroatoms. The molecule has 35 heavy (non-hydrogen) atoms. The number of fused-ring (bicyclic) bond motifs is 1. The van der Waals surface area contributed by atoms with Gasteiger partial charge in [0.05, 0.1) is 5.69 Å². The van der Waals surface area contributed by atoms with Crippen molar-refractivity contribution in [1.82, 2.24) is 15.3 Å². The van der Waals surface area contributed by atoms with E-state index in [0.29, 0.717) is 12.0 Å². The van der Waals surface area contributed by atoms with Crippen molar-refractivity contribution in [3.8, 4) is 11.4 Å². The van der Waals surface area contributed by atoms with E-state index in [0.717, 1.165) is 56.4 Å². The number of nitrogens with one attached hydrogen (secondary N) is 1. The van der Waals surface area contributed by atoms with Gasteiger partial charge in [-0.1, -0.05) is 43.7 Å². The lowest BCUT2D eigenvalue weighted by molar-refractivity contribution is 0.494. The van der Waals surface area contributed by atoms with Gasteiger partial charge in [0.15, 0.2) is 5.82 Å². The number of aryl methyl sites for hydroxylation is 3. The average molecular weight is 470 g/mol. The lowest BCUT2D eigenvalue weighted by Gasteiger charge is -2.39. The van der Waals surface area contributed by atoms with Crippen LogP contribution in [0.5, 0.6) is 0 Å². The lowest BCUT2D eigenvalue weighted by Crippen LogP contribution is -2.51. The fraction of sp³-hybridized carbons (Fsp3) is 0.467. The van der Waals surface area contributed by atoms with Crippen molar-refractivity contribution in [1.29, 1.82) is 0 Å². The van der Waals surface area contributed by atoms with E-state index in [1.807, 2.05) is 0 Å². The molecule has 184 valence electrons. The van der Waals surface area contributed by atoms with Gasteiger partial charge in [-0.05, 0) is 62.4 Å². The van der Waals surface area contributed by atoms with Crippen molar-refractivity contribution < 1.29 is 0 Å². The van der Waals surface area contributed by atoms with Crippen molar-refractivity contribution in [3.63, 3.8) is 0 Å². The monoisotopic (exact) mass is 469 g/mol. The largest absolute Gasteiger partial charge is 0.366 e. The molecule has 2 aliphatic rings. The summed E-state index contributed by atoms with van der Waals surface area (Å²) in [7, 11) is 0.